The van der Waals surface area contributed by atoms with Gasteiger partial charge in [0.15, 0.2) is 8.32 Å². The van der Waals surface area contributed by atoms with Gasteiger partial charge in [-0.15, -0.1) is 0 Å². The third-order valence-electron chi connectivity index (χ3n) is 7.85. The summed E-state index contributed by atoms with van der Waals surface area (Å²) in [4.78, 5) is 31.5. The molecule has 1 unspecified atom stereocenters. The maximum absolute atomic E-state index is 13.5. The fourth-order valence-electron chi connectivity index (χ4n) is 4.81. The molecular formula is C25H39ClN4O4Si. The first-order valence-electron chi connectivity index (χ1n) is 12.2. The first-order chi connectivity index (χ1) is 16.1. The van der Waals surface area contributed by atoms with Crippen molar-refractivity contribution < 1.29 is 19.1 Å². The van der Waals surface area contributed by atoms with Crippen molar-refractivity contribution in [2.24, 2.45) is 10.9 Å². The largest absolute Gasteiger partial charge is 0.465 e. The van der Waals surface area contributed by atoms with Gasteiger partial charge in [-0.25, -0.2) is 9.79 Å². The molecule has 1 aromatic carbocycles. The van der Waals surface area contributed by atoms with E-state index in [9.17, 15) is 14.7 Å². The van der Waals surface area contributed by atoms with Crippen LogP contribution in [-0.4, -0.2) is 48.4 Å². The zero-order valence-electron chi connectivity index (χ0n) is 21.8. The highest BCUT2D eigenvalue weighted by Crippen LogP contribution is 2.43. The number of hydrogen-bond acceptors (Lipinski definition) is 5. The SMILES string of the molecule is C[C@H]1C[C@@H](N2C(=O)C[C@@](C)(c3cccc(N)c3Cl)N=C2NC(=O)O)CCC1O[Si](C)(C)C(C)(C)C. The van der Waals surface area contributed by atoms with Gasteiger partial charge in [-0.3, -0.25) is 15.0 Å². The van der Waals surface area contributed by atoms with Gasteiger partial charge in [-0.05, 0) is 56.3 Å². The van der Waals surface area contributed by atoms with E-state index in [1.54, 1.807) is 25.1 Å². The molecule has 0 radical (unpaired) electrons. The number of guanidine groups is 1. The van der Waals surface area contributed by atoms with Crippen LogP contribution < -0.4 is 11.1 Å². The monoisotopic (exact) mass is 522 g/mol. The van der Waals surface area contributed by atoms with Crippen molar-refractivity contribution in [3.63, 3.8) is 0 Å². The molecule has 0 spiro atoms. The Bertz CT molecular complexity index is 1030. The molecule has 1 saturated carbocycles. The average Bonchev–Trinajstić information content (AvgIpc) is 2.70. The Morgan fingerprint density at radius 2 is 2.00 bits per heavy atom. The van der Waals surface area contributed by atoms with E-state index < -0.39 is 19.9 Å². The first-order valence-corrected chi connectivity index (χ1v) is 15.5. The van der Waals surface area contributed by atoms with Crippen LogP contribution >= 0.6 is 11.6 Å². The zero-order chi connectivity index (χ0) is 26.3. The van der Waals surface area contributed by atoms with Crippen LogP contribution in [0.15, 0.2) is 23.2 Å². The molecule has 1 aliphatic heterocycles. The Hall–Kier alpha value is -2.10. The molecule has 2 aliphatic rings. The number of nitrogen functional groups attached to an aromatic ring is 1. The summed E-state index contributed by atoms with van der Waals surface area (Å²) in [6.07, 6.45) is 1.15. The fraction of sp³-hybridized carbons (Fsp3) is 0.640. The molecule has 10 heteroatoms. The quantitative estimate of drug-likeness (QED) is 0.353. The van der Waals surface area contributed by atoms with Crippen LogP contribution in [0.25, 0.3) is 0 Å². The van der Waals surface area contributed by atoms with Crippen molar-refractivity contribution in [1.82, 2.24) is 10.2 Å². The number of amides is 2. The van der Waals surface area contributed by atoms with Crippen LogP contribution in [0.2, 0.25) is 23.2 Å². The van der Waals surface area contributed by atoms with E-state index >= 15 is 0 Å². The van der Waals surface area contributed by atoms with Crippen LogP contribution in [0.4, 0.5) is 10.5 Å². The highest BCUT2D eigenvalue weighted by molar-refractivity contribution is 6.74. The van der Waals surface area contributed by atoms with Crippen molar-refractivity contribution in [2.45, 2.75) is 96.1 Å². The predicted molar refractivity (Wildman–Crippen MR) is 142 cm³/mol. The third kappa shape index (κ3) is 5.67. The molecule has 8 nitrogen and oxygen atoms in total. The van der Waals surface area contributed by atoms with Crippen molar-refractivity contribution in [1.29, 1.82) is 0 Å². The van der Waals surface area contributed by atoms with Crippen LogP contribution in [0, 0.1) is 5.92 Å². The van der Waals surface area contributed by atoms with E-state index in [-0.39, 0.29) is 41.4 Å². The van der Waals surface area contributed by atoms with E-state index in [0.29, 0.717) is 29.1 Å². The van der Waals surface area contributed by atoms with E-state index in [2.05, 4.69) is 46.1 Å². The molecule has 194 valence electrons. The van der Waals surface area contributed by atoms with Crippen molar-refractivity contribution >= 4 is 43.6 Å². The van der Waals surface area contributed by atoms with E-state index in [0.717, 1.165) is 6.42 Å². The number of nitrogens with one attached hydrogen (secondary N) is 1. The Morgan fingerprint density at radius 3 is 2.57 bits per heavy atom. The van der Waals surface area contributed by atoms with Gasteiger partial charge in [0.1, 0.15) is 0 Å². The molecule has 0 bridgehead atoms. The lowest BCUT2D eigenvalue weighted by atomic mass is 9.82. The number of nitrogens with two attached hydrogens (primary N) is 1. The van der Waals surface area contributed by atoms with E-state index in [1.165, 1.54) is 4.90 Å². The van der Waals surface area contributed by atoms with Gasteiger partial charge in [-0.1, -0.05) is 51.4 Å². The zero-order valence-corrected chi connectivity index (χ0v) is 23.6. The summed E-state index contributed by atoms with van der Waals surface area (Å²) in [6.45, 7) is 15.1. The minimum Gasteiger partial charge on any atom is -0.465 e. The highest BCUT2D eigenvalue weighted by Gasteiger charge is 2.46. The van der Waals surface area contributed by atoms with Gasteiger partial charge < -0.3 is 15.3 Å². The predicted octanol–water partition coefficient (Wildman–Crippen LogP) is 5.57. The smallest absolute Gasteiger partial charge is 0.411 e. The van der Waals surface area contributed by atoms with Crippen molar-refractivity contribution in [3.8, 4) is 0 Å². The Morgan fingerprint density at radius 1 is 1.34 bits per heavy atom. The van der Waals surface area contributed by atoms with Crippen LogP contribution in [0.1, 0.15) is 65.9 Å². The first kappa shape index (κ1) is 27.5. The number of carbonyl (C=O) groups is 2. The van der Waals surface area contributed by atoms with Gasteiger partial charge in [-0.2, -0.15) is 0 Å². The molecule has 1 fully saturated rings. The lowest BCUT2D eigenvalue weighted by Crippen LogP contribution is -2.58. The normalized spacial score (nSPS) is 28.0. The molecular weight excluding hydrogens is 484 g/mol. The number of rotatable bonds is 4. The van der Waals surface area contributed by atoms with Gasteiger partial charge in [0.05, 0.1) is 22.7 Å². The van der Waals surface area contributed by atoms with Gasteiger partial charge in [0, 0.05) is 17.7 Å². The molecule has 2 amide bonds. The summed E-state index contributed by atoms with van der Waals surface area (Å²) < 4.78 is 6.69. The van der Waals surface area contributed by atoms with Crippen molar-refractivity contribution in [2.75, 3.05) is 5.73 Å². The number of nitrogens with zero attached hydrogens (tertiary/aromatic N) is 2. The van der Waals surface area contributed by atoms with Gasteiger partial charge in [0.2, 0.25) is 11.9 Å². The maximum Gasteiger partial charge on any atom is 0.411 e. The molecule has 0 aromatic heterocycles. The van der Waals surface area contributed by atoms with Crippen LogP contribution in [0.5, 0.6) is 0 Å². The lowest BCUT2D eigenvalue weighted by Gasteiger charge is -2.46. The minimum atomic E-state index is -1.93. The summed E-state index contributed by atoms with van der Waals surface area (Å²) in [5.74, 6) is 0.0693. The second kappa shape index (κ2) is 9.75. The number of carbonyl (C=O) groups excluding carboxylic acids is 1. The third-order valence-corrected chi connectivity index (χ3v) is 12.8. The Kier molecular flexibility index (Phi) is 7.65. The molecule has 35 heavy (non-hydrogen) atoms. The Labute approximate surface area is 214 Å². The van der Waals surface area contributed by atoms with Crippen LogP contribution in [-0.2, 0) is 14.8 Å². The van der Waals surface area contributed by atoms with Gasteiger partial charge in [0.25, 0.3) is 0 Å². The molecule has 4 atom stereocenters. The second-order valence-corrected chi connectivity index (χ2v) is 16.8. The number of aliphatic imine (C=N–C) groups is 1. The van der Waals surface area contributed by atoms with E-state index in [1.807, 2.05) is 0 Å². The molecule has 3 rings (SSSR count). The van der Waals surface area contributed by atoms with Crippen LogP contribution in [0.3, 0.4) is 0 Å². The summed E-state index contributed by atoms with van der Waals surface area (Å²) in [6, 6.07) is 5.04. The molecule has 4 N–H and O–H groups in total. The number of benzene rings is 1. The molecule has 1 heterocycles. The number of hydrogen-bond donors (Lipinski definition) is 3. The molecule has 0 saturated heterocycles. The lowest BCUT2D eigenvalue weighted by molar-refractivity contribution is -0.132. The highest BCUT2D eigenvalue weighted by atomic mass is 35.5. The summed E-state index contributed by atoms with van der Waals surface area (Å²) in [7, 11) is -1.93. The molecule has 1 aromatic rings. The fourth-order valence-corrected chi connectivity index (χ4v) is 6.60. The second-order valence-electron chi connectivity index (χ2n) is 11.6. The van der Waals surface area contributed by atoms with Gasteiger partial charge >= 0.3 is 6.09 Å². The number of halogens is 1. The van der Waals surface area contributed by atoms with E-state index in [4.69, 9.17) is 26.8 Å². The average molecular weight is 523 g/mol. The Balaban J connectivity index is 1.88. The topological polar surface area (TPSA) is 117 Å². The number of carboxylic acid groups (broad SMARTS) is 1. The number of anilines is 1. The summed E-state index contributed by atoms with van der Waals surface area (Å²) >= 11 is 6.46. The molecule has 1 aliphatic carbocycles. The van der Waals surface area contributed by atoms with Crippen molar-refractivity contribution in [3.05, 3.63) is 28.8 Å². The summed E-state index contributed by atoms with van der Waals surface area (Å²) in [5, 5.41) is 12.3. The minimum absolute atomic E-state index is 0.0377. The standard InChI is InChI=1S/C25H39ClN4O4Si/c1-15-13-16(11-12-19(15)34-35(6,7)24(2,3)4)30-20(31)14-25(5,29-22(30)28-23(32)33)17-9-8-10-18(27)21(17)26/h8-10,15-16,19H,11-14,27H2,1-7H3,(H,28,29)(H,32,33)/t15-,16-,19?,25-/m0/s1. The summed E-state index contributed by atoms with van der Waals surface area (Å²) in [5.41, 5.74) is 5.93. The maximum atomic E-state index is 13.5.